The summed E-state index contributed by atoms with van der Waals surface area (Å²) >= 11 is 0. The number of carbonyl (C=O) groups excluding carboxylic acids is 2. The Morgan fingerprint density at radius 2 is 0.885 bits per heavy atom. The zero-order valence-electron chi connectivity index (χ0n) is 29.3. The minimum Gasteiger partial charge on any atom is -0.484 e. The summed E-state index contributed by atoms with van der Waals surface area (Å²) in [5.74, 6) is 3.58. The maximum atomic E-state index is 12.4. The number of hydrogen-bond acceptors (Lipinski definition) is 6. The SMILES string of the molecule is Cc1ccccc1OCC(=O)Nc1ccc(Oc2ccc(C(C)(C)c3ccc(Oc4ccc(NC(=O)COc5ccccc5)cc4)cc3)cc2)cc1. The van der Waals surface area contributed by atoms with Crippen molar-refractivity contribution in [1.29, 1.82) is 0 Å². The minimum atomic E-state index is -0.274. The second-order valence-corrected chi connectivity index (χ2v) is 12.7. The number of nitrogens with one attached hydrogen (secondary N) is 2. The molecule has 0 spiro atoms. The third-order valence-electron chi connectivity index (χ3n) is 8.47. The van der Waals surface area contributed by atoms with Gasteiger partial charge in [-0.25, -0.2) is 0 Å². The Morgan fingerprint density at radius 1 is 0.481 bits per heavy atom. The zero-order chi connectivity index (χ0) is 36.3. The third-order valence-corrected chi connectivity index (χ3v) is 8.47. The third kappa shape index (κ3) is 9.57. The number of hydrogen-bond donors (Lipinski definition) is 2. The summed E-state index contributed by atoms with van der Waals surface area (Å²) in [6.45, 7) is 6.14. The van der Waals surface area contributed by atoms with E-state index in [4.69, 9.17) is 18.9 Å². The molecule has 0 atom stereocenters. The Balaban J connectivity index is 0.973. The first kappa shape index (κ1) is 35.3. The van der Waals surface area contributed by atoms with Crippen LogP contribution < -0.4 is 29.6 Å². The Kier molecular flexibility index (Phi) is 11.2. The van der Waals surface area contributed by atoms with Gasteiger partial charge in [-0.3, -0.25) is 9.59 Å². The van der Waals surface area contributed by atoms with E-state index in [1.54, 1.807) is 36.4 Å². The second kappa shape index (κ2) is 16.4. The molecule has 0 aromatic heterocycles. The predicted molar refractivity (Wildman–Crippen MR) is 204 cm³/mol. The van der Waals surface area contributed by atoms with Gasteiger partial charge in [0.1, 0.15) is 34.5 Å². The molecule has 0 bridgehead atoms. The number of ether oxygens (including phenoxy) is 4. The van der Waals surface area contributed by atoms with Crippen LogP contribution in [0.1, 0.15) is 30.5 Å². The van der Waals surface area contributed by atoms with Crippen molar-refractivity contribution in [2.45, 2.75) is 26.2 Å². The molecule has 0 heterocycles. The monoisotopic (exact) mass is 692 g/mol. The molecule has 0 radical (unpaired) electrons. The highest BCUT2D eigenvalue weighted by Crippen LogP contribution is 2.35. The predicted octanol–water partition coefficient (Wildman–Crippen LogP) is 9.94. The lowest BCUT2D eigenvalue weighted by Gasteiger charge is -2.26. The fourth-order valence-electron chi connectivity index (χ4n) is 5.45. The summed E-state index contributed by atoms with van der Waals surface area (Å²) in [6, 6.07) is 47.3. The molecule has 2 N–H and O–H groups in total. The fraction of sp³-hybridized carbons (Fsp3) is 0.136. The lowest BCUT2D eigenvalue weighted by molar-refractivity contribution is -0.118. The number of carbonyl (C=O) groups is 2. The summed E-state index contributed by atoms with van der Waals surface area (Å²) in [6.07, 6.45) is 0. The standard InChI is InChI=1S/C44H40N2O6/c1-31-9-7-8-12-41(31)50-30-43(48)46-35-19-27-40(28-20-35)52-38-23-15-33(16-24-38)44(2,3)32-13-21-37(22-14-32)51-39-25-17-34(18-26-39)45-42(47)29-49-36-10-5-4-6-11-36/h4-28H,29-30H2,1-3H3,(H,45,47)(H,46,48). The Morgan fingerprint density at radius 3 is 1.35 bits per heavy atom. The van der Waals surface area contributed by atoms with Gasteiger partial charge in [0, 0.05) is 16.8 Å². The quantitative estimate of drug-likeness (QED) is 0.118. The molecule has 0 unspecified atom stereocenters. The lowest BCUT2D eigenvalue weighted by Crippen LogP contribution is -2.20. The van der Waals surface area contributed by atoms with Crippen molar-refractivity contribution >= 4 is 23.2 Å². The molecule has 6 rings (SSSR count). The highest BCUT2D eigenvalue weighted by atomic mass is 16.5. The Hall–Kier alpha value is -6.54. The average Bonchev–Trinajstić information content (AvgIpc) is 3.16. The summed E-state index contributed by atoms with van der Waals surface area (Å²) < 4.78 is 23.3. The van der Waals surface area contributed by atoms with Crippen LogP contribution in [0.3, 0.4) is 0 Å². The zero-order valence-corrected chi connectivity index (χ0v) is 29.3. The number of amides is 2. The first-order valence-corrected chi connectivity index (χ1v) is 16.9. The Labute approximate surface area is 304 Å². The van der Waals surface area contributed by atoms with Gasteiger partial charge in [0.05, 0.1) is 0 Å². The van der Waals surface area contributed by atoms with Crippen molar-refractivity contribution in [1.82, 2.24) is 0 Å². The molecule has 0 saturated heterocycles. The molecule has 6 aromatic rings. The summed E-state index contributed by atoms with van der Waals surface area (Å²) in [4.78, 5) is 24.6. The van der Waals surface area contributed by atoms with Crippen LogP contribution >= 0.6 is 0 Å². The number of benzene rings is 6. The fourth-order valence-corrected chi connectivity index (χ4v) is 5.45. The molecule has 0 fully saturated rings. The van der Waals surface area contributed by atoms with E-state index in [0.717, 1.165) is 16.7 Å². The molecule has 0 aliphatic rings. The van der Waals surface area contributed by atoms with Crippen LogP contribution in [-0.4, -0.2) is 25.0 Å². The van der Waals surface area contributed by atoms with Crippen LogP contribution in [0, 0.1) is 6.92 Å². The normalized spacial score (nSPS) is 10.9. The van der Waals surface area contributed by atoms with Gasteiger partial charge < -0.3 is 29.6 Å². The van der Waals surface area contributed by atoms with E-state index in [-0.39, 0.29) is 30.4 Å². The van der Waals surface area contributed by atoms with Gasteiger partial charge in [-0.1, -0.05) is 74.5 Å². The molecular formula is C44H40N2O6. The maximum absolute atomic E-state index is 12.4. The Bertz CT molecular complexity index is 2080. The topological polar surface area (TPSA) is 95.1 Å². The molecular weight excluding hydrogens is 652 g/mol. The molecule has 2 amide bonds. The van der Waals surface area contributed by atoms with Gasteiger partial charge in [-0.05, 0) is 115 Å². The van der Waals surface area contributed by atoms with E-state index in [9.17, 15) is 9.59 Å². The van der Waals surface area contributed by atoms with Gasteiger partial charge in [0.2, 0.25) is 0 Å². The molecule has 0 aliphatic heterocycles. The first-order chi connectivity index (χ1) is 25.2. The van der Waals surface area contributed by atoms with Crippen molar-refractivity contribution < 1.29 is 28.5 Å². The molecule has 6 aromatic carbocycles. The van der Waals surface area contributed by atoms with Gasteiger partial charge in [0.15, 0.2) is 13.2 Å². The van der Waals surface area contributed by atoms with Crippen molar-refractivity contribution in [3.63, 3.8) is 0 Å². The molecule has 262 valence electrons. The first-order valence-electron chi connectivity index (χ1n) is 16.9. The van der Waals surface area contributed by atoms with E-state index in [1.807, 2.05) is 97.9 Å². The van der Waals surface area contributed by atoms with E-state index < -0.39 is 0 Å². The molecule has 0 saturated carbocycles. The van der Waals surface area contributed by atoms with E-state index in [0.29, 0.717) is 45.9 Å². The maximum Gasteiger partial charge on any atom is 0.262 e. The van der Waals surface area contributed by atoms with Gasteiger partial charge in [0.25, 0.3) is 11.8 Å². The second-order valence-electron chi connectivity index (χ2n) is 12.7. The smallest absolute Gasteiger partial charge is 0.262 e. The number of aryl methyl sites for hydroxylation is 1. The molecule has 8 heteroatoms. The van der Waals surface area contributed by atoms with Gasteiger partial charge in [-0.15, -0.1) is 0 Å². The summed E-state index contributed by atoms with van der Waals surface area (Å²) in [5.41, 5.74) is 4.28. The van der Waals surface area contributed by atoms with Crippen LogP contribution in [0.2, 0.25) is 0 Å². The summed E-state index contributed by atoms with van der Waals surface area (Å²) in [5, 5.41) is 5.68. The lowest BCUT2D eigenvalue weighted by atomic mass is 9.78. The van der Waals surface area contributed by atoms with Crippen LogP contribution in [0.5, 0.6) is 34.5 Å². The van der Waals surface area contributed by atoms with Crippen molar-refractivity contribution in [3.8, 4) is 34.5 Å². The highest BCUT2D eigenvalue weighted by Gasteiger charge is 2.23. The number of anilines is 2. The van der Waals surface area contributed by atoms with E-state index >= 15 is 0 Å². The van der Waals surface area contributed by atoms with Crippen LogP contribution in [-0.2, 0) is 15.0 Å². The van der Waals surface area contributed by atoms with Crippen molar-refractivity contribution in [2.75, 3.05) is 23.8 Å². The van der Waals surface area contributed by atoms with Crippen molar-refractivity contribution in [3.05, 3.63) is 168 Å². The van der Waals surface area contributed by atoms with E-state index in [1.165, 1.54) is 0 Å². The van der Waals surface area contributed by atoms with Gasteiger partial charge in [-0.2, -0.15) is 0 Å². The van der Waals surface area contributed by atoms with Crippen LogP contribution in [0.15, 0.2) is 152 Å². The van der Waals surface area contributed by atoms with Crippen molar-refractivity contribution in [2.24, 2.45) is 0 Å². The van der Waals surface area contributed by atoms with E-state index in [2.05, 4.69) is 48.7 Å². The van der Waals surface area contributed by atoms with Crippen LogP contribution in [0.25, 0.3) is 0 Å². The summed E-state index contributed by atoms with van der Waals surface area (Å²) in [7, 11) is 0. The largest absolute Gasteiger partial charge is 0.484 e. The number of para-hydroxylation sites is 2. The average molecular weight is 693 g/mol. The molecule has 0 aliphatic carbocycles. The molecule has 8 nitrogen and oxygen atoms in total. The van der Waals surface area contributed by atoms with Crippen LogP contribution in [0.4, 0.5) is 11.4 Å². The van der Waals surface area contributed by atoms with Gasteiger partial charge >= 0.3 is 0 Å². The molecule has 52 heavy (non-hydrogen) atoms. The number of rotatable bonds is 14. The highest BCUT2D eigenvalue weighted by molar-refractivity contribution is 5.92. The minimum absolute atomic E-state index is 0.0746.